The van der Waals surface area contributed by atoms with Gasteiger partial charge in [-0.25, -0.2) is 10.3 Å². The molecule has 1 aromatic heterocycles. The molecule has 5 rings (SSSR count). The van der Waals surface area contributed by atoms with Gasteiger partial charge in [-0.2, -0.15) is 0 Å². The number of hydrogen-bond acceptors (Lipinski definition) is 5. The number of carbonyl (C=O) groups excluding carboxylic acids is 2. The molecule has 0 aliphatic heterocycles. The molecule has 0 bridgehead atoms. The van der Waals surface area contributed by atoms with E-state index in [1.807, 2.05) is 66.7 Å². The number of carbonyl (C=O) groups is 2. The average molecular weight is 537 g/mol. The molecule has 204 valence electrons. The van der Waals surface area contributed by atoms with Gasteiger partial charge in [0.1, 0.15) is 12.5 Å². The van der Waals surface area contributed by atoms with Crippen molar-refractivity contribution in [2.24, 2.45) is 5.92 Å². The van der Waals surface area contributed by atoms with Crippen LogP contribution < -0.4 is 10.8 Å². The highest BCUT2D eigenvalue weighted by atomic mass is 16.5. The Balaban J connectivity index is 1.19. The van der Waals surface area contributed by atoms with Crippen LogP contribution in [0.2, 0.25) is 0 Å². The highest BCUT2D eigenvalue weighted by Crippen LogP contribution is 2.30. The molecule has 8 heteroatoms. The number of alkyl carbamates (subject to hydrolysis) is 1. The van der Waals surface area contributed by atoms with E-state index in [2.05, 4.69) is 45.4 Å². The van der Waals surface area contributed by atoms with Crippen LogP contribution in [0.4, 0.5) is 4.79 Å². The number of H-pyrrole nitrogens is 1. The summed E-state index contributed by atoms with van der Waals surface area (Å²) in [6.07, 6.45) is 2.47. The van der Waals surface area contributed by atoms with Crippen molar-refractivity contribution in [2.75, 3.05) is 19.7 Å². The Morgan fingerprint density at radius 2 is 1.70 bits per heavy atom. The molecule has 0 saturated heterocycles. The smallest absolute Gasteiger partial charge is 0.407 e. The predicted molar refractivity (Wildman–Crippen MR) is 152 cm³/mol. The van der Waals surface area contributed by atoms with Gasteiger partial charge in [0.15, 0.2) is 0 Å². The highest BCUT2D eigenvalue weighted by molar-refractivity contribution is 5.84. The maximum atomic E-state index is 12.3. The summed E-state index contributed by atoms with van der Waals surface area (Å²) in [6.45, 7) is 2.72. The zero-order valence-corrected chi connectivity index (χ0v) is 22.1. The molecule has 2 unspecified atom stereocenters. The summed E-state index contributed by atoms with van der Waals surface area (Å²) in [7, 11) is 0. The van der Waals surface area contributed by atoms with Crippen LogP contribution in [0.5, 0.6) is 0 Å². The van der Waals surface area contributed by atoms with E-state index in [1.165, 1.54) is 10.9 Å². The third-order valence-electron chi connectivity index (χ3n) is 7.16. The summed E-state index contributed by atoms with van der Waals surface area (Å²) in [4.78, 5) is 29.7. The average Bonchev–Trinajstić information content (AvgIpc) is 3.38. The minimum absolute atomic E-state index is 0.220. The maximum Gasteiger partial charge on any atom is 0.407 e. The van der Waals surface area contributed by atoms with Crippen molar-refractivity contribution in [3.63, 3.8) is 0 Å². The molecule has 4 N–H and O–H groups in total. The number of amides is 2. The minimum Gasteiger partial charge on any atom is -0.448 e. The van der Waals surface area contributed by atoms with Crippen LogP contribution in [0.1, 0.15) is 28.2 Å². The molecule has 8 nitrogen and oxygen atoms in total. The Morgan fingerprint density at radius 3 is 2.45 bits per heavy atom. The number of para-hydroxylation sites is 1. The first-order valence-electron chi connectivity index (χ1n) is 13.4. The van der Waals surface area contributed by atoms with Gasteiger partial charge < -0.3 is 15.0 Å². The van der Waals surface area contributed by atoms with Gasteiger partial charge in [-0.15, -0.1) is 0 Å². The largest absolute Gasteiger partial charge is 0.448 e. The van der Waals surface area contributed by atoms with Crippen LogP contribution in [-0.4, -0.2) is 46.8 Å². The summed E-state index contributed by atoms with van der Waals surface area (Å²) in [5, 5.41) is 12.9. The third-order valence-corrected chi connectivity index (χ3v) is 7.16. The Labute approximate surface area is 233 Å². The number of hydrogen-bond donors (Lipinski definition) is 4. The van der Waals surface area contributed by atoms with E-state index < -0.39 is 17.9 Å². The topological polar surface area (TPSA) is 107 Å². The number of fused-ring (bicyclic) bond motifs is 1. The number of rotatable bonds is 12. The highest BCUT2D eigenvalue weighted by Gasteiger charge is 2.32. The summed E-state index contributed by atoms with van der Waals surface area (Å²) in [6, 6.07) is 26.0. The van der Waals surface area contributed by atoms with Gasteiger partial charge in [-0.05, 0) is 34.7 Å². The van der Waals surface area contributed by atoms with Crippen LogP contribution in [0.25, 0.3) is 10.9 Å². The molecule has 3 aromatic carbocycles. The fourth-order valence-electron chi connectivity index (χ4n) is 4.88. The van der Waals surface area contributed by atoms with Crippen LogP contribution in [0, 0.1) is 17.8 Å². The monoisotopic (exact) mass is 536 g/mol. The Morgan fingerprint density at radius 1 is 0.925 bits per heavy atom. The van der Waals surface area contributed by atoms with Gasteiger partial charge in [0.2, 0.25) is 0 Å². The van der Waals surface area contributed by atoms with Crippen molar-refractivity contribution in [1.29, 1.82) is 0 Å². The predicted octanol–water partition coefficient (Wildman–Crippen LogP) is 4.36. The standard InChI is InChI=1S/C32H32N4O4/c37-31(35-39)29-15-14-27(29)25-12-10-24(11-13-25)22-36(17-16-26-21-33-30-9-5-4-8-28(26)30)18-19-40-32(38)34-20-23-6-2-1-3-7-23/h1-13,21,27,29,33,39H,16-20,22H2,(H,34,38)(H,35,37). The summed E-state index contributed by atoms with van der Waals surface area (Å²) in [5.41, 5.74) is 7.12. The van der Waals surface area contributed by atoms with Gasteiger partial charge in [-0.1, -0.05) is 84.6 Å². The van der Waals surface area contributed by atoms with Gasteiger partial charge in [0.05, 0.1) is 5.92 Å². The summed E-state index contributed by atoms with van der Waals surface area (Å²) < 4.78 is 5.49. The molecule has 40 heavy (non-hydrogen) atoms. The number of nitrogens with one attached hydrogen (secondary N) is 3. The SMILES string of the molecule is O=C(NCc1ccccc1)OCCN(CCc1c[nH]c2ccccc12)Cc1ccc(C2C#CC2C(=O)NO)cc1. The van der Waals surface area contributed by atoms with E-state index in [0.29, 0.717) is 19.6 Å². The zero-order valence-electron chi connectivity index (χ0n) is 22.1. The number of aromatic amines is 1. The molecule has 4 aromatic rings. The van der Waals surface area contributed by atoms with Gasteiger partial charge in [-0.3, -0.25) is 14.9 Å². The second-order valence-corrected chi connectivity index (χ2v) is 9.82. The number of aromatic nitrogens is 1. The Hall–Kier alpha value is -4.58. The lowest BCUT2D eigenvalue weighted by Crippen LogP contribution is -2.34. The van der Waals surface area contributed by atoms with Gasteiger partial charge >= 0.3 is 6.09 Å². The molecule has 2 amide bonds. The Kier molecular flexibility index (Phi) is 8.76. The molecular formula is C32H32N4O4. The zero-order chi connectivity index (χ0) is 27.7. The first-order valence-corrected chi connectivity index (χ1v) is 13.4. The third kappa shape index (κ3) is 6.70. The lowest BCUT2D eigenvalue weighted by atomic mass is 9.79. The number of nitrogens with zero attached hydrogens (tertiary/aromatic N) is 1. The molecule has 1 heterocycles. The molecule has 1 aliphatic rings. The van der Waals surface area contributed by atoms with Crippen LogP contribution in [-0.2, 0) is 29.0 Å². The van der Waals surface area contributed by atoms with Crippen LogP contribution in [0.15, 0.2) is 85.1 Å². The minimum atomic E-state index is -0.534. The summed E-state index contributed by atoms with van der Waals surface area (Å²) in [5.74, 6) is 4.58. The molecule has 0 spiro atoms. The number of hydroxylamine groups is 1. The summed E-state index contributed by atoms with van der Waals surface area (Å²) >= 11 is 0. The molecular weight excluding hydrogens is 504 g/mol. The van der Waals surface area contributed by atoms with Crippen LogP contribution >= 0.6 is 0 Å². The van der Waals surface area contributed by atoms with E-state index in [-0.39, 0.29) is 12.5 Å². The van der Waals surface area contributed by atoms with Crippen molar-refractivity contribution in [3.8, 4) is 11.8 Å². The second kappa shape index (κ2) is 13.0. The van der Waals surface area contributed by atoms with E-state index in [1.54, 1.807) is 5.48 Å². The lowest BCUT2D eigenvalue weighted by Gasteiger charge is -2.24. The molecule has 1 aliphatic carbocycles. The fraction of sp³-hybridized carbons (Fsp3) is 0.250. The van der Waals surface area contributed by atoms with Crippen molar-refractivity contribution in [3.05, 3.63) is 107 Å². The second-order valence-electron chi connectivity index (χ2n) is 9.82. The van der Waals surface area contributed by atoms with Crippen molar-refractivity contribution >= 4 is 22.9 Å². The van der Waals surface area contributed by atoms with E-state index in [0.717, 1.165) is 35.2 Å². The molecule has 0 radical (unpaired) electrons. The van der Waals surface area contributed by atoms with Gasteiger partial charge in [0.25, 0.3) is 5.91 Å². The van der Waals surface area contributed by atoms with Crippen molar-refractivity contribution in [2.45, 2.75) is 25.4 Å². The van der Waals surface area contributed by atoms with E-state index >= 15 is 0 Å². The van der Waals surface area contributed by atoms with Crippen molar-refractivity contribution in [1.82, 2.24) is 20.7 Å². The first kappa shape index (κ1) is 27.0. The quantitative estimate of drug-likeness (QED) is 0.122. The molecule has 0 saturated carbocycles. The number of ether oxygens (including phenoxy) is 1. The molecule has 0 fully saturated rings. The van der Waals surface area contributed by atoms with Crippen molar-refractivity contribution < 1.29 is 19.5 Å². The lowest BCUT2D eigenvalue weighted by molar-refractivity contribution is -0.132. The Bertz CT molecular complexity index is 1500. The molecule has 2 atom stereocenters. The normalized spacial score (nSPS) is 15.7. The van der Waals surface area contributed by atoms with Gasteiger partial charge in [0, 0.05) is 43.3 Å². The fourth-order valence-corrected chi connectivity index (χ4v) is 4.88. The maximum absolute atomic E-state index is 12.3. The first-order chi connectivity index (χ1) is 19.6. The van der Waals surface area contributed by atoms with E-state index in [4.69, 9.17) is 9.94 Å². The number of benzene rings is 3. The van der Waals surface area contributed by atoms with Crippen LogP contribution in [0.3, 0.4) is 0 Å². The van der Waals surface area contributed by atoms with E-state index in [9.17, 15) is 9.59 Å².